The van der Waals surface area contributed by atoms with Gasteiger partial charge in [0.05, 0.1) is 16.8 Å². The number of aryl methyl sites for hydroxylation is 2. The lowest BCUT2D eigenvalue weighted by molar-refractivity contribution is -0.114. The number of hydrogen-bond acceptors (Lipinski definition) is 5. The lowest BCUT2D eigenvalue weighted by atomic mass is 10.0. The van der Waals surface area contributed by atoms with Gasteiger partial charge in [-0.2, -0.15) is 0 Å². The van der Waals surface area contributed by atoms with Crippen molar-refractivity contribution in [3.05, 3.63) is 88.8 Å². The van der Waals surface area contributed by atoms with Gasteiger partial charge in [-0.1, -0.05) is 41.6 Å². The topological polar surface area (TPSA) is 93.5 Å². The molecule has 0 aliphatic rings. The zero-order valence-corrected chi connectivity index (χ0v) is 18.8. The van der Waals surface area contributed by atoms with Gasteiger partial charge in [0.25, 0.3) is 5.91 Å². The Morgan fingerprint density at radius 1 is 1.00 bits per heavy atom. The monoisotopic (exact) mass is 443 g/mol. The number of hydrogen-bond donors (Lipinski definition) is 2. The van der Waals surface area contributed by atoms with E-state index in [4.69, 9.17) is 9.26 Å². The van der Waals surface area contributed by atoms with Crippen LogP contribution in [-0.2, 0) is 17.9 Å². The molecule has 0 radical (unpaired) electrons. The number of carbonyl (C=O) groups is 2. The van der Waals surface area contributed by atoms with Crippen LogP contribution in [0.25, 0.3) is 10.8 Å². The molecular formula is C26H25N3O4. The fraction of sp³-hybridized carbons (Fsp3) is 0.192. The highest BCUT2D eigenvalue weighted by Crippen LogP contribution is 2.28. The average Bonchev–Trinajstić information content (AvgIpc) is 3.12. The molecule has 2 N–H and O–H groups in total. The van der Waals surface area contributed by atoms with Crippen LogP contribution in [0.3, 0.4) is 0 Å². The molecule has 7 nitrogen and oxygen atoms in total. The van der Waals surface area contributed by atoms with Crippen molar-refractivity contribution in [2.75, 3.05) is 5.32 Å². The molecular weight excluding hydrogens is 418 g/mol. The van der Waals surface area contributed by atoms with E-state index in [2.05, 4.69) is 15.8 Å². The minimum Gasteiger partial charge on any atom is -0.488 e. The Balaban J connectivity index is 1.56. The predicted molar refractivity (Wildman–Crippen MR) is 126 cm³/mol. The van der Waals surface area contributed by atoms with Gasteiger partial charge in [-0.3, -0.25) is 9.59 Å². The van der Waals surface area contributed by atoms with Crippen LogP contribution in [0.1, 0.15) is 39.9 Å². The van der Waals surface area contributed by atoms with Crippen LogP contribution >= 0.6 is 0 Å². The third-order valence-electron chi connectivity index (χ3n) is 5.35. The molecule has 1 aromatic heterocycles. The molecule has 33 heavy (non-hydrogen) atoms. The second-order valence-corrected chi connectivity index (χ2v) is 7.85. The molecule has 168 valence electrons. The summed E-state index contributed by atoms with van der Waals surface area (Å²) in [5, 5.41) is 11.6. The van der Waals surface area contributed by atoms with Gasteiger partial charge in [-0.15, -0.1) is 0 Å². The van der Waals surface area contributed by atoms with E-state index in [0.29, 0.717) is 29.3 Å². The Kier molecular flexibility index (Phi) is 6.40. The van der Waals surface area contributed by atoms with Gasteiger partial charge < -0.3 is 19.9 Å². The van der Waals surface area contributed by atoms with Crippen LogP contribution in [0.2, 0.25) is 0 Å². The van der Waals surface area contributed by atoms with Crippen LogP contribution in [0.15, 0.2) is 65.2 Å². The summed E-state index contributed by atoms with van der Waals surface area (Å²) in [5.74, 6) is 0.781. The molecule has 3 aromatic carbocycles. The molecule has 0 saturated carbocycles. The van der Waals surface area contributed by atoms with Crippen molar-refractivity contribution >= 4 is 28.3 Å². The highest BCUT2D eigenvalue weighted by molar-refractivity contribution is 6.01. The van der Waals surface area contributed by atoms with Gasteiger partial charge in [0.15, 0.2) is 0 Å². The van der Waals surface area contributed by atoms with Gasteiger partial charge in [0.1, 0.15) is 18.1 Å². The summed E-state index contributed by atoms with van der Waals surface area (Å²) in [6.07, 6.45) is 0. The summed E-state index contributed by atoms with van der Waals surface area (Å²) < 4.78 is 11.3. The number of nitrogens with zero attached hydrogens (tertiary/aromatic N) is 1. The number of rotatable bonds is 7. The summed E-state index contributed by atoms with van der Waals surface area (Å²) in [7, 11) is 0. The van der Waals surface area contributed by atoms with Crippen molar-refractivity contribution in [1.29, 1.82) is 0 Å². The van der Waals surface area contributed by atoms with Crippen molar-refractivity contribution < 1.29 is 18.8 Å². The van der Waals surface area contributed by atoms with Crippen molar-refractivity contribution in [2.24, 2.45) is 0 Å². The molecule has 0 aliphatic carbocycles. The van der Waals surface area contributed by atoms with E-state index in [1.54, 1.807) is 6.07 Å². The Morgan fingerprint density at radius 2 is 1.76 bits per heavy atom. The first-order valence-corrected chi connectivity index (χ1v) is 10.6. The molecule has 0 unspecified atom stereocenters. The largest absolute Gasteiger partial charge is 0.488 e. The van der Waals surface area contributed by atoms with Crippen LogP contribution in [-0.4, -0.2) is 17.0 Å². The second kappa shape index (κ2) is 9.56. The molecule has 0 aliphatic heterocycles. The Labute approximate surface area is 191 Å². The van der Waals surface area contributed by atoms with Crippen LogP contribution in [0.5, 0.6) is 5.75 Å². The maximum atomic E-state index is 13.1. The third-order valence-corrected chi connectivity index (χ3v) is 5.35. The molecule has 7 heteroatoms. The lowest BCUT2D eigenvalue weighted by Crippen LogP contribution is -2.23. The minimum atomic E-state index is -0.251. The number of benzene rings is 3. The zero-order valence-electron chi connectivity index (χ0n) is 18.8. The van der Waals surface area contributed by atoms with Crippen LogP contribution in [0.4, 0.5) is 5.69 Å². The fourth-order valence-electron chi connectivity index (χ4n) is 3.61. The highest BCUT2D eigenvalue weighted by atomic mass is 16.5. The summed E-state index contributed by atoms with van der Waals surface area (Å²) >= 11 is 0. The molecule has 0 fully saturated rings. The van der Waals surface area contributed by atoms with Crippen molar-refractivity contribution in [1.82, 2.24) is 10.5 Å². The number of amides is 2. The first kappa shape index (κ1) is 22.1. The SMILES string of the molecule is CC(=O)Nc1cccc(CNC(=O)c2cc3ccccc3cc2OCc2c(C)noc2C)c1. The lowest BCUT2D eigenvalue weighted by Gasteiger charge is -2.14. The number of aromatic nitrogens is 1. The van der Waals surface area contributed by atoms with Gasteiger partial charge in [0, 0.05) is 19.2 Å². The minimum absolute atomic E-state index is 0.146. The quantitative estimate of drug-likeness (QED) is 0.423. The zero-order chi connectivity index (χ0) is 23.4. The maximum absolute atomic E-state index is 13.1. The van der Waals surface area contributed by atoms with Crippen molar-refractivity contribution in [2.45, 2.75) is 33.9 Å². The molecule has 4 rings (SSSR count). The van der Waals surface area contributed by atoms with E-state index in [-0.39, 0.29) is 18.4 Å². The van der Waals surface area contributed by atoms with Crippen LogP contribution in [0, 0.1) is 13.8 Å². The number of fused-ring (bicyclic) bond motifs is 1. The van der Waals surface area contributed by atoms with Crippen molar-refractivity contribution in [3.63, 3.8) is 0 Å². The van der Waals surface area contributed by atoms with E-state index in [1.807, 2.05) is 68.4 Å². The fourth-order valence-corrected chi connectivity index (χ4v) is 3.61. The Morgan fingerprint density at radius 3 is 2.45 bits per heavy atom. The van der Waals surface area contributed by atoms with Gasteiger partial charge in [-0.05, 0) is 54.4 Å². The third kappa shape index (κ3) is 5.20. The standard InChI is InChI=1S/C26H25N3O4/c1-16-24(17(2)33-29-16)15-32-25-13-21-9-5-4-8-20(21)12-23(25)26(31)27-14-19-7-6-10-22(11-19)28-18(3)30/h4-13H,14-15H2,1-3H3,(H,27,31)(H,28,30). The van der Waals surface area contributed by atoms with E-state index in [9.17, 15) is 9.59 Å². The maximum Gasteiger partial charge on any atom is 0.255 e. The van der Waals surface area contributed by atoms with E-state index >= 15 is 0 Å². The molecule has 0 spiro atoms. The number of nitrogens with one attached hydrogen (secondary N) is 2. The smallest absolute Gasteiger partial charge is 0.255 e. The van der Waals surface area contributed by atoms with Crippen LogP contribution < -0.4 is 15.4 Å². The molecule has 0 saturated heterocycles. The summed E-state index contributed by atoms with van der Waals surface area (Å²) in [6, 6.07) is 18.9. The Bertz CT molecular complexity index is 1310. The van der Waals surface area contributed by atoms with Crippen molar-refractivity contribution in [3.8, 4) is 5.75 Å². The molecule has 4 aromatic rings. The molecule has 2 amide bonds. The first-order valence-electron chi connectivity index (χ1n) is 10.6. The average molecular weight is 444 g/mol. The summed E-state index contributed by atoms with van der Waals surface area (Å²) in [5.41, 5.74) is 3.62. The van der Waals surface area contributed by atoms with E-state index < -0.39 is 0 Å². The number of carbonyl (C=O) groups excluding carboxylic acids is 2. The number of ether oxygens (including phenoxy) is 1. The molecule has 0 bridgehead atoms. The summed E-state index contributed by atoms with van der Waals surface area (Å²) in [4.78, 5) is 24.5. The molecule has 1 heterocycles. The first-order chi connectivity index (χ1) is 15.9. The highest BCUT2D eigenvalue weighted by Gasteiger charge is 2.16. The predicted octanol–water partition coefficient (Wildman–Crippen LogP) is 4.91. The van der Waals surface area contributed by atoms with E-state index in [0.717, 1.165) is 27.6 Å². The molecule has 0 atom stereocenters. The van der Waals surface area contributed by atoms with Gasteiger partial charge in [-0.25, -0.2) is 0 Å². The normalized spacial score (nSPS) is 10.8. The second-order valence-electron chi connectivity index (χ2n) is 7.85. The van der Waals surface area contributed by atoms with Gasteiger partial charge >= 0.3 is 0 Å². The summed E-state index contributed by atoms with van der Waals surface area (Å²) in [6.45, 7) is 5.71. The number of anilines is 1. The van der Waals surface area contributed by atoms with Gasteiger partial charge in [0.2, 0.25) is 5.91 Å². The van der Waals surface area contributed by atoms with E-state index in [1.165, 1.54) is 6.92 Å². The Hall–Kier alpha value is -4.13.